The first-order chi connectivity index (χ1) is 10.9. The molecule has 0 aliphatic heterocycles. The zero-order chi connectivity index (χ0) is 17.2. The standard InChI is InChI=1S/C16H20N2O5/c1-4-22-16(21)23-13-7-5-12(6-8-13)15(20)18-10-9-17-14(19)11(2)3/h5-8H,2,4,9-10H2,1,3H3,(H,17,19)(H,18,20). The molecule has 0 radical (unpaired) electrons. The van der Waals surface area contributed by atoms with E-state index in [1.54, 1.807) is 13.8 Å². The quantitative estimate of drug-likeness (QED) is 0.345. The Morgan fingerprint density at radius 2 is 1.70 bits per heavy atom. The summed E-state index contributed by atoms with van der Waals surface area (Å²) in [4.78, 5) is 34.3. The van der Waals surface area contributed by atoms with Gasteiger partial charge in [0.2, 0.25) is 5.91 Å². The van der Waals surface area contributed by atoms with E-state index in [0.29, 0.717) is 24.2 Å². The van der Waals surface area contributed by atoms with Crippen molar-refractivity contribution in [2.75, 3.05) is 19.7 Å². The first-order valence-electron chi connectivity index (χ1n) is 7.10. The highest BCUT2D eigenvalue weighted by molar-refractivity contribution is 5.94. The van der Waals surface area contributed by atoms with Crippen LogP contribution in [0.2, 0.25) is 0 Å². The maximum absolute atomic E-state index is 11.9. The van der Waals surface area contributed by atoms with Crippen molar-refractivity contribution in [2.45, 2.75) is 13.8 Å². The Bertz CT molecular complexity index is 581. The first kappa shape index (κ1) is 18.2. The van der Waals surface area contributed by atoms with Crippen LogP contribution >= 0.6 is 0 Å². The average Bonchev–Trinajstić information content (AvgIpc) is 2.51. The summed E-state index contributed by atoms with van der Waals surface area (Å²) in [6.45, 7) is 7.61. The van der Waals surface area contributed by atoms with Gasteiger partial charge in [-0.15, -0.1) is 0 Å². The zero-order valence-corrected chi connectivity index (χ0v) is 13.2. The Hall–Kier alpha value is -2.83. The molecule has 0 spiro atoms. The number of hydrogen-bond acceptors (Lipinski definition) is 5. The molecule has 23 heavy (non-hydrogen) atoms. The van der Waals surface area contributed by atoms with Gasteiger partial charge in [0, 0.05) is 24.2 Å². The summed E-state index contributed by atoms with van der Waals surface area (Å²) in [5.41, 5.74) is 0.820. The third-order valence-electron chi connectivity index (χ3n) is 2.66. The van der Waals surface area contributed by atoms with Crippen molar-refractivity contribution in [1.29, 1.82) is 0 Å². The second-order valence-corrected chi connectivity index (χ2v) is 4.60. The Morgan fingerprint density at radius 3 is 2.26 bits per heavy atom. The van der Waals surface area contributed by atoms with Gasteiger partial charge in [-0.25, -0.2) is 4.79 Å². The number of nitrogens with one attached hydrogen (secondary N) is 2. The topological polar surface area (TPSA) is 93.7 Å². The molecule has 0 aliphatic rings. The van der Waals surface area contributed by atoms with E-state index < -0.39 is 6.16 Å². The normalized spacial score (nSPS) is 9.65. The van der Waals surface area contributed by atoms with Gasteiger partial charge in [0.15, 0.2) is 0 Å². The summed E-state index contributed by atoms with van der Waals surface area (Å²) in [7, 11) is 0. The molecule has 7 nitrogen and oxygen atoms in total. The zero-order valence-electron chi connectivity index (χ0n) is 13.2. The van der Waals surface area contributed by atoms with Crippen LogP contribution in [0.5, 0.6) is 5.75 Å². The van der Waals surface area contributed by atoms with Crippen LogP contribution in [0.1, 0.15) is 24.2 Å². The van der Waals surface area contributed by atoms with Gasteiger partial charge in [-0.05, 0) is 38.1 Å². The van der Waals surface area contributed by atoms with Crippen molar-refractivity contribution >= 4 is 18.0 Å². The molecule has 0 unspecified atom stereocenters. The van der Waals surface area contributed by atoms with Crippen molar-refractivity contribution in [2.24, 2.45) is 0 Å². The van der Waals surface area contributed by atoms with E-state index in [9.17, 15) is 14.4 Å². The molecule has 0 atom stereocenters. The minimum atomic E-state index is -0.794. The summed E-state index contributed by atoms with van der Waals surface area (Å²) in [5, 5.41) is 5.27. The van der Waals surface area contributed by atoms with E-state index >= 15 is 0 Å². The number of carbonyl (C=O) groups is 3. The minimum Gasteiger partial charge on any atom is -0.434 e. The van der Waals surface area contributed by atoms with E-state index in [1.807, 2.05) is 0 Å². The molecule has 7 heteroatoms. The molecule has 124 valence electrons. The van der Waals surface area contributed by atoms with Gasteiger partial charge >= 0.3 is 6.16 Å². The highest BCUT2D eigenvalue weighted by Crippen LogP contribution is 2.12. The van der Waals surface area contributed by atoms with Gasteiger partial charge in [0.25, 0.3) is 5.91 Å². The molecular formula is C16H20N2O5. The molecule has 2 N–H and O–H groups in total. The van der Waals surface area contributed by atoms with E-state index in [4.69, 9.17) is 4.74 Å². The number of rotatable bonds is 7. The number of hydrogen-bond donors (Lipinski definition) is 2. The first-order valence-corrected chi connectivity index (χ1v) is 7.10. The van der Waals surface area contributed by atoms with Crippen molar-refractivity contribution in [3.63, 3.8) is 0 Å². The van der Waals surface area contributed by atoms with Crippen LogP contribution in [-0.4, -0.2) is 37.7 Å². The molecule has 0 bridgehead atoms. The molecule has 0 fully saturated rings. The molecule has 0 aliphatic carbocycles. The predicted molar refractivity (Wildman–Crippen MR) is 84.2 cm³/mol. The molecular weight excluding hydrogens is 300 g/mol. The van der Waals surface area contributed by atoms with Crippen molar-refractivity contribution in [3.8, 4) is 5.75 Å². The fourth-order valence-electron chi connectivity index (χ4n) is 1.52. The van der Waals surface area contributed by atoms with E-state index in [1.165, 1.54) is 24.3 Å². The number of carbonyl (C=O) groups excluding carboxylic acids is 3. The Kier molecular flexibility index (Phi) is 7.32. The second kappa shape index (κ2) is 9.24. The Balaban J connectivity index is 2.40. The van der Waals surface area contributed by atoms with Gasteiger partial charge in [0.1, 0.15) is 5.75 Å². The maximum Gasteiger partial charge on any atom is 0.513 e. The van der Waals surface area contributed by atoms with Gasteiger partial charge in [-0.3, -0.25) is 9.59 Å². The van der Waals surface area contributed by atoms with E-state index in [0.717, 1.165) is 0 Å². The fourth-order valence-corrected chi connectivity index (χ4v) is 1.52. The summed E-state index contributed by atoms with van der Waals surface area (Å²) in [6.07, 6.45) is -0.794. The summed E-state index contributed by atoms with van der Waals surface area (Å²) >= 11 is 0. The fraction of sp³-hybridized carbons (Fsp3) is 0.312. The van der Waals surface area contributed by atoms with Gasteiger partial charge in [-0.1, -0.05) is 6.58 Å². The largest absolute Gasteiger partial charge is 0.513 e. The average molecular weight is 320 g/mol. The smallest absolute Gasteiger partial charge is 0.434 e. The number of benzene rings is 1. The third-order valence-corrected chi connectivity index (χ3v) is 2.66. The maximum atomic E-state index is 11.9. The highest BCUT2D eigenvalue weighted by Gasteiger charge is 2.08. The molecule has 2 amide bonds. The molecule has 0 heterocycles. The Labute approximate surface area is 134 Å². The lowest BCUT2D eigenvalue weighted by molar-refractivity contribution is -0.117. The molecule has 1 aromatic rings. The second-order valence-electron chi connectivity index (χ2n) is 4.60. The number of ether oxygens (including phenoxy) is 2. The molecule has 0 aromatic heterocycles. The van der Waals surface area contributed by atoms with Crippen LogP contribution in [0, 0.1) is 0 Å². The monoisotopic (exact) mass is 320 g/mol. The molecule has 0 saturated carbocycles. The SMILES string of the molecule is C=C(C)C(=O)NCCNC(=O)c1ccc(OC(=O)OCC)cc1. The van der Waals surface area contributed by atoms with Crippen LogP contribution in [0.25, 0.3) is 0 Å². The van der Waals surface area contributed by atoms with Crippen LogP contribution in [0.15, 0.2) is 36.4 Å². The lowest BCUT2D eigenvalue weighted by atomic mass is 10.2. The van der Waals surface area contributed by atoms with Crippen LogP contribution in [0.3, 0.4) is 0 Å². The van der Waals surface area contributed by atoms with Crippen LogP contribution in [0.4, 0.5) is 4.79 Å². The van der Waals surface area contributed by atoms with Crippen LogP contribution < -0.4 is 15.4 Å². The number of amides is 2. The molecule has 1 rings (SSSR count). The summed E-state index contributed by atoms with van der Waals surface area (Å²) in [6, 6.07) is 6.04. The van der Waals surface area contributed by atoms with Crippen molar-refractivity contribution in [3.05, 3.63) is 42.0 Å². The highest BCUT2D eigenvalue weighted by atomic mass is 16.7. The van der Waals surface area contributed by atoms with E-state index in [2.05, 4.69) is 21.9 Å². The van der Waals surface area contributed by atoms with Gasteiger partial charge in [0.05, 0.1) is 6.61 Å². The predicted octanol–water partition coefficient (Wildman–Crippen LogP) is 1.64. The summed E-state index contributed by atoms with van der Waals surface area (Å²) < 4.78 is 9.53. The summed E-state index contributed by atoms with van der Waals surface area (Å²) in [5.74, 6) is -0.259. The third kappa shape index (κ3) is 6.64. The lowest BCUT2D eigenvalue weighted by Gasteiger charge is -2.08. The van der Waals surface area contributed by atoms with Crippen molar-refractivity contribution < 1.29 is 23.9 Å². The minimum absolute atomic E-state index is 0.223. The Morgan fingerprint density at radius 1 is 1.09 bits per heavy atom. The van der Waals surface area contributed by atoms with Gasteiger partial charge < -0.3 is 20.1 Å². The molecule has 1 aromatic carbocycles. The van der Waals surface area contributed by atoms with E-state index in [-0.39, 0.29) is 24.2 Å². The lowest BCUT2D eigenvalue weighted by Crippen LogP contribution is -2.34. The van der Waals surface area contributed by atoms with Crippen LogP contribution in [-0.2, 0) is 9.53 Å². The van der Waals surface area contributed by atoms with Gasteiger partial charge in [-0.2, -0.15) is 0 Å². The van der Waals surface area contributed by atoms with Crippen molar-refractivity contribution in [1.82, 2.24) is 10.6 Å². The molecule has 0 saturated heterocycles.